The van der Waals surface area contributed by atoms with Gasteiger partial charge in [-0.25, -0.2) is 15.0 Å². The average molecular weight is 519 g/mol. The largest absolute Gasteiger partial charge is 0.416 e. The van der Waals surface area contributed by atoms with Crippen LogP contribution in [0.25, 0.3) is 29.1 Å². The van der Waals surface area contributed by atoms with Crippen molar-refractivity contribution in [2.24, 2.45) is 0 Å². The number of anilines is 2. The molecule has 1 amide bonds. The van der Waals surface area contributed by atoms with Crippen molar-refractivity contribution in [2.75, 3.05) is 11.1 Å². The lowest BCUT2D eigenvalue weighted by molar-refractivity contribution is -0.137. The Morgan fingerprint density at radius 1 is 1.05 bits per heavy atom. The highest BCUT2D eigenvalue weighted by Crippen LogP contribution is 2.33. The first kappa shape index (κ1) is 24.7. The van der Waals surface area contributed by atoms with Crippen molar-refractivity contribution >= 4 is 41.0 Å². The van der Waals surface area contributed by atoms with Gasteiger partial charge in [0.2, 0.25) is 5.95 Å². The third-order valence-electron chi connectivity index (χ3n) is 5.71. The first-order valence-electron chi connectivity index (χ1n) is 11.4. The number of amides is 1. The predicted molar refractivity (Wildman–Crippen MR) is 137 cm³/mol. The maximum absolute atomic E-state index is 13.6. The van der Waals surface area contributed by atoms with Gasteiger partial charge in [-0.2, -0.15) is 18.2 Å². The molecule has 0 fully saturated rings. The highest BCUT2D eigenvalue weighted by Gasteiger charge is 2.31. The van der Waals surface area contributed by atoms with Crippen LogP contribution >= 0.6 is 0 Å². The molecule has 0 bridgehead atoms. The van der Waals surface area contributed by atoms with Gasteiger partial charge in [0, 0.05) is 29.3 Å². The quantitative estimate of drug-likeness (QED) is 0.334. The molecule has 2 aromatic carbocycles. The van der Waals surface area contributed by atoms with Gasteiger partial charge in [0.05, 0.1) is 23.8 Å². The fraction of sp³-hybridized carbons (Fsp3) is 0.115. The lowest BCUT2D eigenvalue weighted by atomic mass is 10.0. The summed E-state index contributed by atoms with van der Waals surface area (Å²) in [5.74, 6) is -0.478. The number of carbonyl (C=O) groups excluding carboxylic acids is 1. The number of fused-ring (bicyclic) bond motifs is 1. The second-order valence-corrected chi connectivity index (χ2v) is 8.64. The number of nitrogens with one attached hydrogen (secondary N) is 1. The Kier molecular flexibility index (Phi) is 6.15. The number of alkyl halides is 3. The van der Waals surface area contributed by atoms with Crippen LogP contribution < -0.4 is 11.1 Å². The van der Waals surface area contributed by atoms with Gasteiger partial charge < -0.3 is 15.6 Å². The van der Waals surface area contributed by atoms with Crippen molar-refractivity contribution in [1.82, 2.24) is 29.1 Å². The first-order valence-corrected chi connectivity index (χ1v) is 11.4. The van der Waals surface area contributed by atoms with E-state index in [4.69, 9.17) is 5.73 Å². The highest BCUT2D eigenvalue weighted by molar-refractivity contribution is 6.07. The number of aromatic nitrogens is 6. The molecule has 12 heteroatoms. The molecule has 5 rings (SSSR count). The van der Waals surface area contributed by atoms with Crippen molar-refractivity contribution in [2.45, 2.75) is 20.0 Å². The molecule has 0 atom stereocenters. The lowest BCUT2D eigenvalue weighted by Crippen LogP contribution is -2.15. The van der Waals surface area contributed by atoms with E-state index in [1.54, 1.807) is 48.2 Å². The van der Waals surface area contributed by atoms with Gasteiger partial charge in [0.15, 0.2) is 5.65 Å². The Labute approximate surface area is 214 Å². The van der Waals surface area contributed by atoms with Crippen LogP contribution in [0, 0.1) is 13.8 Å². The summed E-state index contributed by atoms with van der Waals surface area (Å²) in [5.41, 5.74) is 8.37. The smallest absolute Gasteiger partial charge is 0.368 e. The molecule has 5 aromatic rings. The number of hydrogen-bond acceptors (Lipinski definition) is 6. The maximum atomic E-state index is 13.6. The summed E-state index contributed by atoms with van der Waals surface area (Å²) in [6, 6.07) is 8.52. The molecule has 38 heavy (non-hydrogen) atoms. The van der Waals surface area contributed by atoms with Crippen LogP contribution in [0.4, 0.5) is 24.8 Å². The lowest BCUT2D eigenvalue weighted by Gasteiger charge is -2.14. The van der Waals surface area contributed by atoms with E-state index in [0.717, 1.165) is 17.7 Å². The fourth-order valence-electron chi connectivity index (χ4n) is 3.89. The molecule has 0 spiro atoms. The molecule has 3 N–H and O–H groups in total. The molecule has 3 aromatic heterocycles. The van der Waals surface area contributed by atoms with Crippen molar-refractivity contribution < 1.29 is 18.0 Å². The summed E-state index contributed by atoms with van der Waals surface area (Å²) in [6.07, 6.45) is 4.79. The number of imidazole rings is 2. The van der Waals surface area contributed by atoms with Gasteiger partial charge in [-0.1, -0.05) is 17.7 Å². The highest BCUT2D eigenvalue weighted by atomic mass is 19.4. The number of carbonyl (C=O) groups is 1. The third-order valence-corrected chi connectivity index (χ3v) is 5.71. The molecule has 0 aliphatic carbocycles. The zero-order valence-corrected chi connectivity index (χ0v) is 20.2. The van der Waals surface area contributed by atoms with Crippen LogP contribution in [0.3, 0.4) is 0 Å². The zero-order chi connectivity index (χ0) is 27.0. The van der Waals surface area contributed by atoms with Gasteiger partial charge in [-0.05, 0) is 49.8 Å². The van der Waals surface area contributed by atoms with Gasteiger partial charge in [0.1, 0.15) is 11.8 Å². The van der Waals surface area contributed by atoms with Crippen LogP contribution in [0.15, 0.2) is 61.4 Å². The number of rotatable bonds is 5. The van der Waals surface area contributed by atoms with Crippen molar-refractivity contribution in [3.63, 3.8) is 0 Å². The number of halogens is 3. The van der Waals surface area contributed by atoms with E-state index in [2.05, 4.69) is 25.3 Å². The summed E-state index contributed by atoms with van der Waals surface area (Å²) in [5, 5.41) is 2.61. The van der Waals surface area contributed by atoms with Crippen LogP contribution in [0.2, 0.25) is 0 Å². The van der Waals surface area contributed by atoms with E-state index in [0.29, 0.717) is 22.4 Å². The fourth-order valence-corrected chi connectivity index (χ4v) is 3.89. The van der Waals surface area contributed by atoms with Crippen LogP contribution in [0.1, 0.15) is 32.7 Å². The normalized spacial score (nSPS) is 11.9. The molecule has 0 saturated heterocycles. The van der Waals surface area contributed by atoms with E-state index < -0.39 is 17.6 Å². The number of aryl methyl sites for hydroxylation is 2. The molecule has 0 unspecified atom stereocenters. The molecule has 192 valence electrons. The second kappa shape index (κ2) is 9.47. The Hall–Kier alpha value is -5.00. The summed E-state index contributed by atoms with van der Waals surface area (Å²) in [7, 11) is 0. The van der Waals surface area contributed by atoms with E-state index in [9.17, 15) is 18.0 Å². The molecule has 0 aliphatic heterocycles. The summed E-state index contributed by atoms with van der Waals surface area (Å²) in [4.78, 5) is 29.7. The van der Waals surface area contributed by atoms with E-state index in [-0.39, 0.29) is 22.9 Å². The Morgan fingerprint density at radius 3 is 2.61 bits per heavy atom. The monoisotopic (exact) mass is 518 g/mol. The SMILES string of the molecule is Cc1ccc(C(=O)Nc2cc(-n3cnc(C)c3)cc(C(F)(F)F)c2)c(/C=C/n2cnc3cnc(N)nc32)c1. The summed E-state index contributed by atoms with van der Waals surface area (Å²) >= 11 is 0. The zero-order valence-electron chi connectivity index (χ0n) is 20.2. The van der Waals surface area contributed by atoms with E-state index >= 15 is 0 Å². The van der Waals surface area contributed by atoms with Gasteiger partial charge in [-0.15, -0.1) is 0 Å². The minimum Gasteiger partial charge on any atom is -0.368 e. The molecular weight excluding hydrogens is 497 g/mol. The molecule has 0 saturated carbocycles. The Bertz CT molecular complexity index is 1700. The van der Waals surface area contributed by atoms with Crippen LogP contribution in [0.5, 0.6) is 0 Å². The molecule has 3 heterocycles. The van der Waals surface area contributed by atoms with Gasteiger partial charge in [-0.3, -0.25) is 9.36 Å². The minimum absolute atomic E-state index is 0.00513. The molecule has 0 radical (unpaired) electrons. The van der Waals surface area contributed by atoms with Crippen molar-refractivity contribution in [3.05, 3.63) is 89.4 Å². The average Bonchev–Trinajstić information content (AvgIpc) is 3.47. The standard InChI is InChI=1S/C26H21F3N8O/c1-15-3-4-21(17(7-15)5-6-36-14-33-22-11-31-25(30)35-23(22)36)24(38)34-19-8-18(26(27,28)29)9-20(10-19)37-12-16(2)32-13-37/h3-14H,1-2H3,(H,34,38)(H2,30,31,35)/b6-5+. The van der Waals surface area contributed by atoms with E-state index in [1.165, 1.54) is 29.5 Å². The third kappa shape index (κ3) is 5.09. The second-order valence-electron chi connectivity index (χ2n) is 8.64. The summed E-state index contributed by atoms with van der Waals surface area (Å²) < 4.78 is 44.0. The van der Waals surface area contributed by atoms with Crippen LogP contribution in [-0.2, 0) is 6.18 Å². The van der Waals surface area contributed by atoms with Crippen molar-refractivity contribution in [3.8, 4) is 5.69 Å². The topological polar surface area (TPSA) is 117 Å². The molecule has 0 aliphatic rings. The Morgan fingerprint density at radius 2 is 1.87 bits per heavy atom. The first-order chi connectivity index (χ1) is 18.1. The molecule has 9 nitrogen and oxygen atoms in total. The number of nitrogens with zero attached hydrogens (tertiary/aromatic N) is 6. The number of nitrogen functional groups attached to an aromatic ring is 1. The van der Waals surface area contributed by atoms with Crippen LogP contribution in [-0.4, -0.2) is 35.0 Å². The number of benzene rings is 2. The Balaban J connectivity index is 1.49. The number of hydrogen-bond donors (Lipinski definition) is 2. The van der Waals surface area contributed by atoms with Crippen molar-refractivity contribution in [1.29, 1.82) is 0 Å². The minimum atomic E-state index is -4.61. The predicted octanol–water partition coefficient (Wildman–Crippen LogP) is 5.11. The van der Waals surface area contributed by atoms with E-state index in [1.807, 2.05) is 6.92 Å². The molecular formula is C26H21F3N8O. The number of nitrogens with two attached hydrogens (primary N) is 1. The summed E-state index contributed by atoms with van der Waals surface area (Å²) in [6.45, 7) is 3.60. The van der Waals surface area contributed by atoms with Gasteiger partial charge >= 0.3 is 6.18 Å². The maximum Gasteiger partial charge on any atom is 0.416 e. The van der Waals surface area contributed by atoms with Gasteiger partial charge in [0.25, 0.3) is 5.91 Å².